The molecule has 0 amide bonds. The van der Waals surface area contributed by atoms with E-state index in [9.17, 15) is 4.79 Å². The van der Waals surface area contributed by atoms with Gasteiger partial charge in [0.1, 0.15) is 0 Å². The first kappa shape index (κ1) is 15.9. The van der Waals surface area contributed by atoms with E-state index in [4.69, 9.17) is 0 Å². The van der Waals surface area contributed by atoms with Gasteiger partial charge in [-0.05, 0) is 6.42 Å². The van der Waals surface area contributed by atoms with Gasteiger partial charge in [-0.2, -0.15) is 0 Å². The van der Waals surface area contributed by atoms with Gasteiger partial charge >= 0.3 is 29.6 Å². The number of ketones is 1. The smallest absolute Gasteiger partial charge is 1.00 e. The quantitative estimate of drug-likeness (QED) is 0.391. The van der Waals surface area contributed by atoms with Crippen LogP contribution < -0.4 is 29.6 Å². The van der Waals surface area contributed by atoms with Crippen LogP contribution in [0, 0.1) is 0 Å². The molecule has 0 aliphatic carbocycles. The van der Waals surface area contributed by atoms with E-state index in [1.165, 1.54) is 25.7 Å². The largest absolute Gasteiger partial charge is 1.00 e. The number of unbranched alkanes of at least 4 members (excludes halogenated alkanes) is 4. The van der Waals surface area contributed by atoms with Gasteiger partial charge in [-0.3, -0.25) is 4.79 Å². The molecule has 0 aliphatic rings. The van der Waals surface area contributed by atoms with Crippen molar-refractivity contribution in [1.29, 1.82) is 0 Å². The van der Waals surface area contributed by atoms with E-state index in [-0.39, 0.29) is 36.8 Å². The SMILES string of the molecule is CCCCCCCC(=O)c1ccccc1.[H-].[Na+]. The van der Waals surface area contributed by atoms with Crippen molar-refractivity contribution in [1.82, 2.24) is 0 Å². The van der Waals surface area contributed by atoms with Gasteiger partial charge in [0.2, 0.25) is 0 Å². The Hall–Kier alpha value is -0.110. The third kappa shape index (κ3) is 6.47. The van der Waals surface area contributed by atoms with E-state index in [1.54, 1.807) is 0 Å². The van der Waals surface area contributed by atoms with Crippen molar-refractivity contribution in [3.8, 4) is 0 Å². The monoisotopic (exact) mass is 228 g/mol. The third-order valence-corrected chi connectivity index (χ3v) is 2.60. The molecule has 0 aliphatic heterocycles. The maximum absolute atomic E-state index is 11.7. The first-order valence-electron chi connectivity index (χ1n) is 5.93. The summed E-state index contributed by atoms with van der Waals surface area (Å²) in [6.07, 6.45) is 6.73. The molecule has 1 aromatic carbocycles. The zero-order valence-corrected chi connectivity index (χ0v) is 12.5. The number of hydrogen-bond donors (Lipinski definition) is 0. The van der Waals surface area contributed by atoms with Crippen molar-refractivity contribution in [2.24, 2.45) is 0 Å². The van der Waals surface area contributed by atoms with Crippen LogP contribution >= 0.6 is 0 Å². The fourth-order valence-corrected chi connectivity index (χ4v) is 1.66. The van der Waals surface area contributed by atoms with Crippen LogP contribution in [0.4, 0.5) is 0 Å². The molecule has 2 heteroatoms. The van der Waals surface area contributed by atoms with Crippen molar-refractivity contribution in [3.63, 3.8) is 0 Å². The van der Waals surface area contributed by atoms with Crippen LogP contribution in [0.25, 0.3) is 0 Å². The predicted octanol–water partition coefficient (Wildman–Crippen LogP) is 1.35. The topological polar surface area (TPSA) is 17.1 Å². The molecule has 1 aromatic rings. The number of benzene rings is 1. The Bertz CT molecular complexity index is 288. The first-order valence-corrected chi connectivity index (χ1v) is 5.93. The van der Waals surface area contributed by atoms with Crippen LogP contribution in [0.5, 0.6) is 0 Å². The van der Waals surface area contributed by atoms with E-state index in [0.29, 0.717) is 6.42 Å². The van der Waals surface area contributed by atoms with E-state index in [0.717, 1.165) is 12.0 Å². The second-order valence-electron chi connectivity index (χ2n) is 3.95. The van der Waals surface area contributed by atoms with Crippen molar-refractivity contribution in [3.05, 3.63) is 35.9 Å². The Morgan fingerprint density at radius 3 is 2.31 bits per heavy atom. The van der Waals surface area contributed by atoms with Gasteiger partial charge in [-0.1, -0.05) is 62.9 Å². The van der Waals surface area contributed by atoms with E-state index < -0.39 is 0 Å². The minimum absolute atomic E-state index is 0. The average molecular weight is 228 g/mol. The normalized spacial score (nSPS) is 9.56. The summed E-state index contributed by atoms with van der Waals surface area (Å²) >= 11 is 0. The molecule has 0 heterocycles. The molecule has 84 valence electrons. The van der Waals surface area contributed by atoms with Crippen LogP contribution in [0.3, 0.4) is 0 Å². The van der Waals surface area contributed by atoms with Crippen LogP contribution in [-0.4, -0.2) is 5.78 Å². The third-order valence-electron chi connectivity index (χ3n) is 2.60. The summed E-state index contributed by atoms with van der Waals surface area (Å²) in [4.78, 5) is 11.7. The molecule has 1 nitrogen and oxygen atoms in total. The minimum atomic E-state index is 0. The summed E-state index contributed by atoms with van der Waals surface area (Å²) in [7, 11) is 0. The van der Waals surface area contributed by atoms with Gasteiger partial charge in [0, 0.05) is 12.0 Å². The molecule has 0 unspecified atom stereocenters. The zero-order chi connectivity index (χ0) is 10.9. The minimum Gasteiger partial charge on any atom is -1.00 e. The van der Waals surface area contributed by atoms with Crippen molar-refractivity contribution in [2.75, 3.05) is 0 Å². The standard InChI is InChI=1S/C14H20O.Na.H/c1-2-3-4-5-9-12-14(15)13-10-7-6-8-11-13;;/h6-8,10-11H,2-5,9,12H2,1H3;;/q;+1;-1. The maximum Gasteiger partial charge on any atom is 1.00 e. The number of carbonyl (C=O) groups excluding carboxylic acids is 1. The van der Waals surface area contributed by atoms with Gasteiger partial charge in [0.05, 0.1) is 0 Å². The fourth-order valence-electron chi connectivity index (χ4n) is 1.66. The molecule has 0 radical (unpaired) electrons. The van der Waals surface area contributed by atoms with E-state index >= 15 is 0 Å². The summed E-state index contributed by atoms with van der Waals surface area (Å²) in [6, 6.07) is 9.58. The molecule has 0 atom stereocenters. The number of hydrogen-bond acceptors (Lipinski definition) is 1. The summed E-state index contributed by atoms with van der Waals surface area (Å²) in [5.41, 5.74) is 0.855. The number of Topliss-reactive ketones (excluding diaryl/α,β-unsaturated/α-hetero) is 1. The second-order valence-corrected chi connectivity index (χ2v) is 3.95. The summed E-state index contributed by atoms with van der Waals surface area (Å²) < 4.78 is 0. The maximum atomic E-state index is 11.7. The number of carbonyl (C=O) groups is 1. The Morgan fingerprint density at radius 1 is 1.06 bits per heavy atom. The number of rotatable bonds is 7. The van der Waals surface area contributed by atoms with Gasteiger partial charge in [-0.15, -0.1) is 0 Å². The molecule has 16 heavy (non-hydrogen) atoms. The van der Waals surface area contributed by atoms with Crippen molar-refractivity contribution < 1.29 is 35.8 Å². The molecule has 0 N–H and O–H groups in total. The Kier molecular flexibility index (Phi) is 10.0. The van der Waals surface area contributed by atoms with Crippen molar-refractivity contribution in [2.45, 2.75) is 45.4 Å². The first-order chi connectivity index (χ1) is 7.34. The average Bonchev–Trinajstić information content (AvgIpc) is 2.30. The molecule has 0 bridgehead atoms. The van der Waals surface area contributed by atoms with Crippen molar-refractivity contribution >= 4 is 5.78 Å². The molecular weight excluding hydrogens is 207 g/mol. The molecular formula is C14H21NaO. The molecule has 0 spiro atoms. The van der Waals surface area contributed by atoms with Crippen LogP contribution in [0.1, 0.15) is 57.2 Å². The van der Waals surface area contributed by atoms with Crippen LogP contribution in [0.15, 0.2) is 30.3 Å². The molecule has 1 rings (SSSR count). The summed E-state index contributed by atoms with van der Waals surface area (Å²) in [5, 5.41) is 0. The van der Waals surface area contributed by atoms with Gasteiger partial charge in [0.15, 0.2) is 5.78 Å². The van der Waals surface area contributed by atoms with E-state index in [2.05, 4.69) is 6.92 Å². The summed E-state index contributed by atoms with van der Waals surface area (Å²) in [5.74, 6) is 0.284. The molecule has 0 saturated carbocycles. The van der Waals surface area contributed by atoms with Crippen LogP contribution in [-0.2, 0) is 0 Å². The molecule has 0 fully saturated rings. The van der Waals surface area contributed by atoms with Gasteiger partial charge < -0.3 is 1.43 Å². The van der Waals surface area contributed by atoms with Gasteiger partial charge in [-0.25, -0.2) is 0 Å². The predicted molar refractivity (Wildman–Crippen MR) is 65.3 cm³/mol. The van der Waals surface area contributed by atoms with Gasteiger partial charge in [0.25, 0.3) is 0 Å². The second kappa shape index (κ2) is 10.1. The molecule has 0 aromatic heterocycles. The fraction of sp³-hybridized carbons (Fsp3) is 0.500. The Labute approximate surface area is 122 Å². The Balaban J connectivity index is 0. The summed E-state index contributed by atoms with van der Waals surface area (Å²) in [6.45, 7) is 2.20. The Morgan fingerprint density at radius 2 is 1.69 bits per heavy atom. The van der Waals surface area contributed by atoms with E-state index in [1.807, 2.05) is 30.3 Å². The zero-order valence-electron chi connectivity index (χ0n) is 11.5. The van der Waals surface area contributed by atoms with Crippen LogP contribution in [0.2, 0.25) is 0 Å². The molecule has 0 saturated heterocycles.